The molecule has 1 atom stereocenters. The van der Waals surface area contributed by atoms with Gasteiger partial charge >= 0.3 is 0 Å². The van der Waals surface area contributed by atoms with Crippen LogP contribution in [0.15, 0.2) is 52.3 Å². The number of sulfonamides is 1. The van der Waals surface area contributed by atoms with E-state index in [-0.39, 0.29) is 34.7 Å². The molecular weight excluding hydrogens is 477 g/mol. The Hall–Kier alpha value is -2.43. The molecule has 0 radical (unpaired) electrons. The van der Waals surface area contributed by atoms with Crippen molar-refractivity contribution in [3.63, 3.8) is 0 Å². The summed E-state index contributed by atoms with van der Waals surface area (Å²) in [6.45, 7) is 4.59. The van der Waals surface area contributed by atoms with Crippen molar-refractivity contribution >= 4 is 45.0 Å². The van der Waals surface area contributed by atoms with Gasteiger partial charge in [0.1, 0.15) is 12.4 Å². The summed E-state index contributed by atoms with van der Waals surface area (Å²) in [5.41, 5.74) is 0.405. The third-order valence-corrected chi connectivity index (χ3v) is 9.21. The van der Waals surface area contributed by atoms with Crippen LogP contribution < -0.4 is 10.2 Å². The molecule has 2 aromatic rings. The van der Waals surface area contributed by atoms with Crippen LogP contribution in [0.5, 0.6) is 0 Å². The van der Waals surface area contributed by atoms with Crippen molar-refractivity contribution in [3.05, 3.63) is 48.3 Å². The van der Waals surface area contributed by atoms with E-state index in [1.165, 1.54) is 45.2 Å². The zero-order chi connectivity index (χ0) is 24.5. The largest absolute Gasteiger partial charge is 0.322 e. The van der Waals surface area contributed by atoms with Crippen LogP contribution in [0.1, 0.15) is 33.1 Å². The number of piperidine rings is 1. The number of carbonyl (C=O) groups is 2. The fraction of sp³-hybridized carbons (Fsp3) is 0.417. The topological polar surface area (TPSA) is 86.8 Å². The number of hydrogen-bond acceptors (Lipinski definition) is 5. The van der Waals surface area contributed by atoms with E-state index in [2.05, 4.69) is 12.2 Å². The molecule has 1 N–H and O–H groups in total. The number of benzene rings is 2. The van der Waals surface area contributed by atoms with Crippen molar-refractivity contribution in [1.29, 1.82) is 0 Å². The van der Waals surface area contributed by atoms with E-state index in [1.54, 1.807) is 18.2 Å². The summed E-state index contributed by atoms with van der Waals surface area (Å²) in [5.74, 6) is -0.949. The van der Waals surface area contributed by atoms with Gasteiger partial charge in [-0.15, -0.1) is 11.8 Å². The molecule has 1 fully saturated rings. The zero-order valence-electron chi connectivity index (χ0n) is 19.2. The van der Waals surface area contributed by atoms with Crippen LogP contribution in [0.4, 0.5) is 15.8 Å². The number of amides is 2. The molecule has 0 unspecified atom stereocenters. The van der Waals surface area contributed by atoms with Crippen LogP contribution in [-0.2, 0) is 19.6 Å². The van der Waals surface area contributed by atoms with Gasteiger partial charge in [-0.2, -0.15) is 4.31 Å². The van der Waals surface area contributed by atoms with Gasteiger partial charge in [0, 0.05) is 29.7 Å². The number of anilines is 2. The third kappa shape index (κ3) is 5.29. The normalized spacial score (nSPS) is 20.0. The minimum Gasteiger partial charge on any atom is -0.322 e. The standard InChI is InChI=1S/C24H28FN3O4S2/c1-16-9-11-27(12-10-16)34(31,32)18-7-8-22-21(14-18)28(24(30)13-17(2)33-22)15-23(29)26-20-6-4-3-5-19(20)25/h3-8,14,16-17H,9-13,15H2,1-2H3,(H,26,29)/t17-/m1/s1. The van der Waals surface area contributed by atoms with E-state index in [0.29, 0.717) is 24.7 Å². The van der Waals surface area contributed by atoms with E-state index in [9.17, 15) is 22.4 Å². The van der Waals surface area contributed by atoms with E-state index < -0.39 is 21.7 Å². The van der Waals surface area contributed by atoms with Gasteiger partial charge in [-0.05, 0) is 49.1 Å². The first-order chi connectivity index (χ1) is 16.1. The number of nitrogens with one attached hydrogen (secondary N) is 1. The van der Waals surface area contributed by atoms with Gasteiger partial charge < -0.3 is 10.2 Å². The molecule has 2 heterocycles. The molecule has 4 rings (SSSR count). The van der Waals surface area contributed by atoms with Crippen molar-refractivity contribution in [2.75, 3.05) is 29.9 Å². The highest BCUT2D eigenvalue weighted by atomic mass is 32.2. The average Bonchev–Trinajstić information content (AvgIpc) is 2.90. The van der Waals surface area contributed by atoms with Crippen LogP contribution in [-0.4, -0.2) is 49.4 Å². The maximum absolute atomic E-state index is 14.0. The molecule has 182 valence electrons. The molecule has 34 heavy (non-hydrogen) atoms. The van der Waals surface area contributed by atoms with Crippen LogP contribution in [0.25, 0.3) is 0 Å². The van der Waals surface area contributed by atoms with Gasteiger partial charge in [-0.3, -0.25) is 9.59 Å². The Morgan fingerprint density at radius 3 is 2.56 bits per heavy atom. The predicted octanol–water partition coefficient (Wildman–Crippen LogP) is 4.10. The Balaban J connectivity index is 1.64. The molecule has 0 bridgehead atoms. The van der Waals surface area contributed by atoms with Gasteiger partial charge in [0.2, 0.25) is 21.8 Å². The summed E-state index contributed by atoms with van der Waals surface area (Å²) in [6.07, 6.45) is 1.80. The summed E-state index contributed by atoms with van der Waals surface area (Å²) in [7, 11) is -3.73. The smallest absolute Gasteiger partial charge is 0.244 e. The molecule has 0 aliphatic carbocycles. The first kappa shape index (κ1) is 24.7. The second-order valence-corrected chi connectivity index (χ2v) is 12.3. The van der Waals surface area contributed by atoms with E-state index >= 15 is 0 Å². The van der Waals surface area contributed by atoms with Crippen LogP contribution in [0.3, 0.4) is 0 Å². The lowest BCUT2D eigenvalue weighted by Gasteiger charge is -2.30. The van der Waals surface area contributed by atoms with Gasteiger partial charge in [-0.25, -0.2) is 12.8 Å². The molecule has 2 aliphatic heterocycles. The Labute approximate surface area is 203 Å². The zero-order valence-corrected chi connectivity index (χ0v) is 20.8. The average molecular weight is 506 g/mol. The Morgan fingerprint density at radius 1 is 1.15 bits per heavy atom. The quantitative estimate of drug-likeness (QED) is 0.661. The number of para-hydroxylation sites is 1. The molecule has 1 saturated heterocycles. The van der Waals surface area contributed by atoms with Crippen molar-refractivity contribution in [3.8, 4) is 0 Å². The van der Waals surface area contributed by atoms with Gasteiger partial charge in [0.05, 0.1) is 16.3 Å². The molecule has 0 spiro atoms. The Morgan fingerprint density at radius 2 is 1.85 bits per heavy atom. The third-order valence-electron chi connectivity index (χ3n) is 6.14. The molecule has 0 saturated carbocycles. The van der Waals surface area contributed by atoms with E-state index in [0.717, 1.165) is 17.7 Å². The van der Waals surface area contributed by atoms with Crippen molar-refractivity contribution in [1.82, 2.24) is 4.31 Å². The highest BCUT2D eigenvalue weighted by Crippen LogP contribution is 2.40. The van der Waals surface area contributed by atoms with Gasteiger partial charge in [-0.1, -0.05) is 26.0 Å². The first-order valence-corrected chi connectivity index (χ1v) is 13.6. The SMILES string of the molecule is CC1CCN(S(=O)(=O)c2ccc3c(c2)N(CC(=O)Nc2ccccc2F)C(=O)C[C@@H](C)S3)CC1. The Kier molecular flexibility index (Phi) is 7.30. The number of carbonyl (C=O) groups excluding carboxylic acids is 2. The summed E-state index contributed by atoms with van der Waals surface area (Å²) in [6, 6.07) is 10.6. The Bertz CT molecular complexity index is 1200. The number of fused-ring (bicyclic) bond motifs is 1. The molecular formula is C24H28FN3O4S2. The highest BCUT2D eigenvalue weighted by Gasteiger charge is 2.32. The molecule has 0 aromatic heterocycles. The highest BCUT2D eigenvalue weighted by molar-refractivity contribution is 8.00. The minimum atomic E-state index is -3.73. The molecule has 10 heteroatoms. The minimum absolute atomic E-state index is 0.0217. The fourth-order valence-electron chi connectivity index (χ4n) is 4.16. The second-order valence-electron chi connectivity index (χ2n) is 8.86. The number of halogens is 1. The monoisotopic (exact) mass is 505 g/mol. The summed E-state index contributed by atoms with van der Waals surface area (Å²) in [4.78, 5) is 27.9. The predicted molar refractivity (Wildman–Crippen MR) is 131 cm³/mol. The summed E-state index contributed by atoms with van der Waals surface area (Å²) >= 11 is 1.47. The van der Waals surface area contributed by atoms with Gasteiger partial charge in [0.15, 0.2) is 0 Å². The van der Waals surface area contributed by atoms with Crippen molar-refractivity contribution in [2.24, 2.45) is 5.92 Å². The van der Waals surface area contributed by atoms with Gasteiger partial charge in [0.25, 0.3) is 0 Å². The first-order valence-electron chi connectivity index (χ1n) is 11.3. The lowest BCUT2D eigenvalue weighted by molar-refractivity contribution is -0.121. The lowest BCUT2D eigenvalue weighted by Crippen LogP contribution is -2.39. The maximum atomic E-state index is 14.0. The maximum Gasteiger partial charge on any atom is 0.244 e. The number of thioether (sulfide) groups is 1. The number of nitrogens with zero attached hydrogens (tertiary/aromatic N) is 2. The fourth-order valence-corrected chi connectivity index (χ4v) is 6.75. The molecule has 7 nitrogen and oxygen atoms in total. The van der Waals surface area contributed by atoms with E-state index in [1.807, 2.05) is 6.92 Å². The summed E-state index contributed by atoms with van der Waals surface area (Å²) < 4.78 is 42.1. The summed E-state index contributed by atoms with van der Waals surface area (Å²) in [5, 5.41) is 2.46. The lowest BCUT2D eigenvalue weighted by atomic mass is 10.0. The molecule has 2 aliphatic rings. The number of hydrogen-bond donors (Lipinski definition) is 1. The van der Waals surface area contributed by atoms with Crippen LogP contribution >= 0.6 is 11.8 Å². The molecule has 2 amide bonds. The van der Waals surface area contributed by atoms with Crippen LogP contribution in [0, 0.1) is 11.7 Å². The second kappa shape index (κ2) is 10.1. The van der Waals surface area contributed by atoms with Crippen LogP contribution in [0.2, 0.25) is 0 Å². The van der Waals surface area contributed by atoms with Crippen molar-refractivity contribution < 1.29 is 22.4 Å². The molecule has 2 aromatic carbocycles. The number of rotatable bonds is 5. The van der Waals surface area contributed by atoms with E-state index in [4.69, 9.17) is 0 Å². The van der Waals surface area contributed by atoms with Crippen molar-refractivity contribution in [2.45, 2.75) is 48.2 Å².